The van der Waals surface area contributed by atoms with Crippen LogP contribution in [0.3, 0.4) is 0 Å². The summed E-state index contributed by atoms with van der Waals surface area (Å²) in [5, 5.41) is 15.0. The van der Waals surface area contributed by atoms with Crippen LogP contribution in [0.5, 0.6) is 11.6 Å². The first-order valence-electron chi connectivity index (χ1n) is 5.79. The van der Waals surface area contributed by atoms with E-state index in [4.69, 9.17) is 16.3 Å². The maximum absolute atomic E-state index is 11.0. The molecule has 2 rings (SSSR count). The van der Waals surface area contributed by atoms with Gasteiger partial charge in [0.1, 0.15) is 5.69 Å². The molecule has 0 fully saturated rings. The highest BCUT2D eigenvalue weighted by Gasteiger charge is 2.24. The van der Waals surface area contributed by atoms with Crippen LogP contribution in [0, 0.1) is 17.0 Å². The van der Waals surface area contributed by atoms with Crippen molar-refractivity contribution in [3.05, 3.63) is 33.5 Å². The van der Waals surface area contributed by atoms with Gasteiger partial charge in [-0.25, -0.2) is 4.98 Å². The Balaban J connectivity index is 2.39. The Kier molecular flexibility index (Phi) is 3.84. The average Bonchev–Trinajstić information content (AvgIpc) is 2.75. The van der Waals surface area contributed by atoms with Crippen molar-refractivity contribution in [3.8, 4) is 11.6 Å². The minimum Gasteiger partial charge on any atom is -0.430 e. The van der Waals surface area contributed by atoms with Gasteiger partial charge in [0.05, 0.1) is 17.3 Å². The number of ether oxygens (including phenoxy) is 1. The maximum Gasteiger partial charge on any atom is 0.352 e. The van der Waals surface area contributed by atoms with E-state index in [0.29, 0.717) is 5.75 Å². The van der Waals surface area contributed by atoms with Crippen LogP contribution in [0.25, 0.3) is 0 Å². The van der Waals surface area contributed by atoms with Gasteiger partial charge in [-0.15, -0.1) is 0 Å². The molecule has 0 atom stereocenters. The van der Waals surface area contributed by atoms with Crippen molar-refractivity contribution in [1.82, 2.24) is 19.7 Å². The minimum atomic E-state index is -0.603. The molecule has 0 spiro atoms. The number of rotatable bonds is 4. The first-order chi connectivity index (χ1) is 9.38. The van der Waals surface area contributed by atoms with E-state index in [9.17, 15) is 10.1 Å². The summed E-state index contributed by atoms with van der Waals surface area (Å²) < 4.78 is 7.07. The van der Waals surface area contributed by atoms with Crippen LogP contribution in [0.15, 0.2) is 12.4 Å². The van der Waals surface area contributed by atoms with Crippen LogP contribution >= 0.6 is 11.6 Å². The molecule has 0 bridgehead atoms. The van der Waals surface area contributed by atoms with Gasteiger partial charge in [-0.2, -0.15) is 10.1 Å². The molecule has 2 heterocycles. The van der Waals surface area contributed by atoms with E-state index in [1.54, 1.807) is 10.9 Å². The third-order valence-corrected chi connectivity index (χ3v) is 2.67. The molecular formula is C11H12ClN5O3. The number of hydrogen-bond donors (Lipinski definition) is 0. The van der Waals surface area contributed by atoms with E-state index in [0.717, 1.165) is 0 Å². The highest BCUT2D eigenvalue weighted by atomic mass is 35.5. The zero-order valence-corrected chi connectivity index (χ0v) is 11.8. The molecule has 0 amide bonds. The van der Waals surface area contributed by atoms with Crippen molar-refractivity contribution in [2.75, 3.05) is 0 Å². The van der Waals surface area contributed by atoms with Gasteiger partial charge in [0.2, 0.25) is 5.28 Å². The molecule has 0 aliphatic heterocycles. The van der Waals surface area contributed by atoms with Gasteiger partial charge in [-0.1, -0.05) is 0 Å². The highest BCUT2D eigenvalue weighted by Crippen LogP contribution is 2.32. The summed E-state index contributed by atoms with van der Waals surface area (Å²) in [4.78, 5) is 17.9. The average molecular weight is 298 g/mol. The molecule has 0 saturated heterocycles. The zero-order valence-electron chi connectivity index (χ0n) is 11.1. The van der Waals surface area contributed by atoms with Crippen molar-refractivity contribution >= 4 is 17.3 Å². The fourth-order valence-corrected chi connectivity index (χ4v) is 1.76. The summed E-state index contributed by atoms with van der Waals surface area (Å²) in [6.45, 7) is 5.37. The van der Waals surface area contributed by atoms with Gasteiger partial charge in [-0.05, 0) is 32.4 Å². The lowest BCUT2D eigenvalue weighted by atomic mass is 10.4. The number of nitro groups is 1. The predicted molar refractivity (Wildman–Crippen MR) is 71.1 cm³/mol. The van der Waals surface area contributed by atoms with E-state index >= 15 is 0 Å². The van der Waals surface area contributed by atoms with E-state index in [2.05, 4.69) is 15.1 Å². The molecule has 2 aromatic rings. The number of aromatic nitrogens is 4. The molecule has 2 aromatic heterocycles. The first-order valence-corrected chi connectivity index (χ1v) is 6.17. The standard InChI is InChI=1S/C11H12ClN5O3/c1-6(2)16-5-8(4-13-16)20-10-9(17(18)19)7(3)14-11(12)15-10/h4-6H,1-3H3. The Morgan fingerprint density at radius 3 is 2.70 bits per heavy atom. The quantitative estimate of drug-likeness (QED) is 0.489. The summed E-state index contributed by atoms with van der Waals surface area (Å²) in [7, 11) is 0. The second-order valence-electron chi connectivity index (χ2n) is 4.34. The molecule has 0 saturated carbocycles. The maximum atomic E-state index is 11.0. The fourth-order valence-electron chi connectivity index (χ4n) is 1.56. The minimum absolute atomic E-state index is 0.112. The van der Waals surface area contributed by atoms with Crippen LogP contribution in [0.1, 0.15) is 25.6 Å². The summed E-state index contributed by atoms with van der Waals surface area (Å²) >= 11 is 5.70. The largest absolute Gasteiger partial charge is 0.430 e. The molecular weight excluding hydrogens is 286 g/mol. The number of nitrogens with zero attached hydrogens (tertiary/aromatic N) is 5. The Bertz CT molecular complexity index is 656. The second kappa shape index (κ2) is 5.41. The lowest BCUT2D eigenvalue weighted by Crippen LogP contribution is -2.01. The molecule has 8 nitrogen and oxygen atoms in total. The van der Waals surface area contributed by atoms with E-state index in [1.807, 2.05) is 13.8 Å². The number of halogens is 1. The Labute approximate surface area is 119 Å². The van der Waals surface area contributed by atoms with Crippen LogP contribution in [-0.2, 0) is 0 Å². The topological polar surface area (TPSA) is 96.0 Å². The smallest absolute Gasteiger partial charge is 0.352 e. The molecule has 0 aromatic carbocycles. The molecule has 0 N–H and O–H groups in total. The van der Waals surface area contributed by atoms with Gasteiger partial charge in [0.15, 0.2) is 5.75 Å². The molecule has 0 unspecified atom stereocenters. The predicted octanol–water partition coefficient (Wildman–Crippen LogP) is 2.92. The third kappa shape index (κ3) is 2.85. The van der Waals surface area contributed by atoms with Crippen molar-refractivity contribution < 1.29 is 9.66 Å². The summed E-state index contributed by atoms with van der Waals surface area (Å²) in [5.41, 5.74) is -0.173. The highest BCUT2D eigenvalue weighted by molar-refractivity contribution is 6.28. The van der Waals surface area contributed by atoms with Crippen molar-refractivity contribution in [2.24, 2.45) is 0 Å². The molecule has 0 aliphatic rings. The van der Waals surface area contributed by atoms with Gasteiger partial charge >= 0.3 is 11.6 Å². The Morgan fingerprint density at radius 2 is 2.15 bits per heavy atom. The molecule has 20 heavy (non-hydrogen) atoms. The van der Waals surface area contributed by atoms with E-state index in [-0.39, 0.29) is 28.6 Å². The van der Waals surface area contributed by atoms with E-state index in [1.165, 1.54) is 13.1 Å². The SMILES string of the molecule is Cc1nc(Cl)nc(Oc2cnn(C(C)C)c2)c1[N+](=O)[O-]. The van der Waals surface area contributed by atoms with Crippen molar-refractivity contribution in [2.45, 2.75) is 26.8 Å². The molecule has 0 radical (unpaired) electrons. The lowest BCUT2D eigenvalue weighted by molar-refractivity contribution is -0.386. The molecule has 106 valence electrons. The van der Waals surface area contributed by atoms with Crippen LogP contribution in [-0.4, -0.2) is 24.7 Å². The summed E-state index contributed by atoms with van der Waals surface area (Å²) in [6, 6.07) is 0.151. The van der Waals surface area contributed by atoms with Gasteiger partial charge in [0.25, 0.3) is 0 Å². The number of aryl methyl sites for hydroxylation is 1. The fraction of sp³-hybridized carbons (Fsp3) is 0.364. The second-order valence-corrected chi connectivity index (χ2v) is 4.68. The van der Waals surface area contributed by atoms with Crippen LogP contribution in [0.2, 0.25) is 5.28 Å². The molecule has 0 aliphatic carbocycles. The monoisotopic (exact) mass is 297 g/mol. The van der Waals surface area contributed by atoms with Crippen molar-refractivity contribution in [3.63, 3.8) is 0 Å². The zero-order chi connectivity index (χ0) is 14.9. The van der Waals surface area contributed by atoms with Crippen LogP contribution < -0.4 is 4.74 Å². The third-order valence-electron chi connectivity index (χ3n) is 2.50. The number of hydrogen-bond acceptors (Lipinski definition) is 6. The van der Waals surface area contributed by atoms with Gasteiger partial charge < -0.3 is 4.74 Å². The Hall–Kier alpha value is -2.22. The summed E-state index contributed by atoms with van der Waals surface area (Å²) in [5.74, 6) is 0.145. The molecule has 9 heteroatoms. The lowest BCUT2D eigenvalue weighted by Gasteiger charge is -2.05. The van der Waals surface area contributed by atoms with E-state index < -0.39 is 4.92 Å². The summed E-state index contributed by atoms with van der Waals surface area (Å²) in [6.07, 6.45) is 3.08. The van der Waals surface area contributed by atoms with Gasteiger partial charge in [0, 0.05) is 6.04 Å². The van der Waals surface area contributed by atoms with Gasteiger partial charge in [-0.3, -0.25) is 14.8 Å². The first kappa shape index (κ1) is 14.2. The van der Waals surface area contributed by atoms with Crippen LogP contribution in [0.4, 0.5) is 5.69 Å². The normalized spacial score (nSPS) is 10.8. The Morgan fingerprint density at radius 1 is 1.45 bits per heavy atom. The van der Waals surface area contributed by atoms with Crippen molar-refractivity contribution in [1.29, 1.82) is 0 Å².